The molecule has 0 saturated carbocycles. The number of ether oxygens (including phenoxy) is 1. The number of rotatable bonds is 5. The van der Waals surface area contributed by atoms with Crippen molar-refractivity contribution in [3.8, 4) is 17.2 Å². The van der Waals surface area contributed by atoms with Crippen LogP contribution < -0.4 is 10.3 Å². The highest BCUT2D eigenvalue weighted by atomic mass is 16.5. The third-order valence-electron chi connectivity index (χ3n) is 4.96. The number of allylic oxidation sites excluding steroid dienone is 1. The molecule has 4 rings (SSSR count). The number of aromatic nitrogens is 2. The van der Waals surface area contributed by atoms with Gasteiger partial charge in [-0.15, -0.1) is 0 Å². The predicted octanol–water partition coefficient (Wildman–Crippen LogP) is 4.30. The molecule has 0 amide bonds. The molecule has 0 aliphatic heterocycles. The van der Waals surface area contributed by atoms with E-state index in [4.69, 9.17) is 4.74 Å². The van der Waals surface area contributed by atoms with E-state index in [0.717, 1.165) is 0 Å². The second kappa shape index (κ2) is 8.28. The Morgan fingerprint density at radius 1 is 1.06 bits per heavy atom. The molecule has 0 aliphatic carbocycles. The average molecular weight is 412 g/mol. The number of benzene rings is 3. The Balaban J connectivity index is 1.68. The van der Waals surface area contributed by atoms with E-state index in [-0.39, 0.29) is 17.1 Å². The normalized spacial score (nSPS) is 11.2. The second-order valence-electron chi connectivity index (χ2n) is 7.00. The minimum atomic E-state index is -0.214. The van der Waals surface area contributed by atoms with E-state index in [0.29, 0.717) is 39.3 Å². The van der Waals surface area contributed by atoms with Gasteiger partial charge in [-0.2, -0.15) is 0 Å². The van der Waals surface area contributed by atoms with Crippen LogP contribution in [0, 0.1) is 6.92 Å². The molecule has 0 unspecified atom stereocenters. The van der Waals surface area contributed by atoms with E-state index < -0.39 is 0 Å². The molecule has 154 valence electrons. The molecule has 1 heterocycles. The summed E-state index contributed by atoms with van der Waals surface area (Å²) < 4.78 is 6.60. The van der Waals surface area contributed by atoms with Gasteiger partial charge in [0, 0.05) is 5.56 Å². The molecule has 0 aliphatic rings. The molecule has 0 spiro atoms. The summed E-state index contributed by atoms with van der Waals surface area (Å²) in [5, 5.41) is 10.2. The smallest absolute Gasteiger partial charge is 0.265 e. The van der Waals surface area contributed by atoms with Gasteiger partial charge in [0.15, 0.2) is 17.3 Å². The molecule has 0 radical (unpaired) electrons. The number of hydrogen-bond acceptors (Lipinski definition) is 5. The fraction of sp³-hybridized carbons (Fsp3) is 0.0800. The zero-order chi connectivity index (χ0) is 22.0. The van der Waals surface area contributed by atoms with Crippen molar-refractivity contribution in [1.29, 1.82) is 0 Å². The van der Waals surface area contributed by atoms with Crippen LogP contribution in [-0.2, 0) is 0 Å². The summed E-state index contributed by atoms with van der Waals surface area (Å²) >= 11 is 0. The van der Waals surface area contributed by atoms with Gasteiger partial charge < -0.3 is 9.84 Å². The fourth-order valence-electron chi connectivity index (χ4n) is 3.41. The number of hydrogen-bond donors (Lipinski definition) is 1. The monoisotopic (exact) mass is 412 g/mol. The van der Waals surface area contributed by atoms with E-state index in [1.54, 1.807) is 67.6 Å². The first-order valence-corrected chi connectivity index (χ1v) is 9.66. The highest BCUT2D eigenvalue weighted by molar-refractivity contribution is 6.07. The van der Waals surface area contributed by atoms with Gasteiger partial charge in [0.2, 0.25) is 0 Å². The van der Waals surface area contributed by atoms with Gasteiger partial charge in [0.25, 0.3) is 5.56 Å². The summed E-state index contributed by atoms with van der Waals surface area (Å²) in [5.41, 5.74) is 2.19. The lowest BCUT2D eigenvalue weighted by atomic mass is 10.1. The number of para-hydroxylation sites is 1. The molecule has 6 nitrogen and oxygen atoms in total. The number of fused-ring (bicyclic) bond motifs is 1. The van der Waals surface area contributed by atoms with Crippen LogP contribution in [0.2, 0.25) is 0 Å². The number of carbonyl (C=O) groups is 1. The molecular formula is C25H20N2O4. The first-order valence-electron chi connectivity index (χ1n) is 9.66. The highest BCUT2D eigenvalue weighted by Gasteiger charge is 2.11. The summed E-state index contributed by atoms with van der Waals surface area (Å²) in [4.78, 5) is 30.3. The largest absolute Gasteiger partial charge is 0.504 e. The van der Waals surface area contributed by atoms with Crippen LogP contribution in [0.25, 0.3) is 22.7 Å². The van der Waals surface area contributed by atoms with Crippen LogP contribution in [0.3, 0.4) is 0 Å². The van der Waals surface area contributed by atoms with E-state index in [9.17, 15) is 14.7 Å². The number of ketones is 1. The fourth-order valence-corrected chi connectivity index (χ4v) is 3.41. The molecule has 0 bridgehead atoms. The van der Waals surface area contributed by atoms with Gasteiger partial charge in [-0.3, -0.25) is 14.2 Å². The number of aryl methyl sites for hydroxylation is 1. The van der Waals surface area contributed by atoms with Gasteiger partial charge in [0.05, 0.1) is 23.7 Å². The van der Waals surface area contributed by atoms with Crippen molar-refractivity contribution < 1.29 is 14.6 Å². The highest BCUT2D eigenvalue weighted by Crippen LogP contribution is 2.26. The lowest BCUT2D eigenvalue weighted by Crippen LogP contribution is -2.22. The molecule has 0 saturated heterocycles. The maximum Gasteiger partial charge on any atom is 0.265 e. The number of methoxy groups -OCH3 is 1. The molecule has 6 heteroatoms. The van der Waals surface area contributed by atoms with Crippen LogP contribution in [0.15, 0.2) is 77.6 Å². The minimum absolute atomic E-state index is 0.0310. The van der Waals surface area contributed by atoms with E-state index in [2.05, 4.69) is 4.98 Å². The minimum Gasteiger partial charge on any atom is -0.504 e. The molecule has 31 heavy (non-hydrogen) atoms. The standard InChI is InChI=1S/C25H20N2O4/c1-16-26-21-9-4-3-8-20(21)25(30)27(16)19-7-5-6-18(15-19)22(28)12-10-17-11-13-23(29)24(14-17)31-2/h3-15,29H,1-2H3/b12-10+. The summed E-state index contributed by atoms with van der Waals surface area (Å²) in [7, 11) is 1.46. The van der Waals surface area contributed by atoms with Gasteiger partial charge in [-0.05, 0) is 55.0 Å². The molecular weight excluding hydrogens is 392 g/mol. The Labute approximate surface area is 178 Å². The van der Waals surface area contributed by atoms with Crippen molar-refractivity contribution in [2.24, 2.45) is 0 Å². The molecule has 0 fully saturated rings. The third kappa shape index (κ3) is 3.96. The van der Waals surface area contributed by atoms with E-state index in [1.165, 1.54) is 23.8 Å². The van der Waals surface area contributed by atoms with Gasteiger partial charge in [-0.25, -0.2) is 4.98 Å². The number of carbonyl (C=O) groups excluding carboxylic acids is 1. The lowest BCUT2D eigenvalue weighted by molar-refractivity contribution is 0.104. The Morgan fingerprint density at radius 2 is 1.87 bits per heavy atom. The van der Waals surface area contributed by atoms with E-state index >= 15 is 0 Å². The maximum atomic E-state index is 13.0. The Hall–Kier alpha value is -4.19. The number of nitrogens with zero attached hydrogens (tertiary/aromatic N) is 2. The first kappa shape index (κ1) is 20.1. The Kier molecular flexibility index (Phi) is 5.37. The number of aromatic hydroxyl groups is 1. The third-order valence-corrected chi connectivity index (χ3v) is 4.96. The number of phenolic OH excluding ortho intramolecular Hbond substituents is 1. The summed E-state index contributed by atoms with van der Waals surface area (Å²) in [6, 6.07) is 18.9. The first-order chi connectivity index (χ1) is 15.0. The molecule has 1 N–H and O–H groups in total. The Morgan fingerprint density at radius 3 is 2.68 bits per heavy atom. The number of phenols is 1. The van der Waals surface area contributed by atoms with Gasteiger partial charge >= 0.3 is 0 Å². The van der Waals surface area contributed by atoms with Gasteiger partial charge in [0.1, 0.15) is 5.82 Å². The van der Waals surface area contributed by atoms with Crippen LogP contribution in [0.1, 0.15) is 21.7 Å². The zero-order valence-electron chi connectivity index (χ0n) is 17.1. The summed E-state index contributed by atoms with van der Waals surface area (Å²) in [5.74, 6) is 0.687. The zero-order valence-corrected chi connectivity index (χ0v) is 17.1. The van der Waals surface area contributed by atoms with Crippen molar-refractivity contribution in [1.82, 2.24) is 9.55 Å². The predicted molar refractivity (Wildman–Crippen MR) is 120 cm³/mol. The molecule has 0 atom stereocenters. The topological polar surface area (TPSA) is 81.4 Å². The summed E-state index contributed by atoms with van der Waals surface area (Å²) in [6.45, 7) is 1.76. The van der Waals surface area contributed by atoms with Crippen molar-refractivity contribution in [3.05, 3.63) is 100 Å². The van der Waals surface area contributed by atoms with Crippen molar-refractivity contribution in [2.75, 3.05) is 7.11 Å². The molecule has 4 aromatic rings. The Bertz CT molecular complexity index is 1390. The quantitative estimate of drug-likeness (QED) is 0.390. The summed E-state index contributed by atoms with van der Waals surface area (Å²) in [6.07, 6.45) is 3.09. The second-order valence-corrected chi connectivity index (χ2v) is 7.00. The van der Waals surface area contributed by atoms with Crippen LogP contribution in [-0.4, -0.2) is 27.6 Å². The van der Waals surface area contributed by atoms with Crippen molar-refractivity contribution in [3.63, 3.8) is 0 Å². The maximum absolute atomic E-state index is 13.0. The van der Waals surface area contributed by atoms with E-state index in [1.807, 2.05) is 6.07 Å². The molecule has 3 aromatic carbocycles. The lowest BCUT2D eigenvalue weighted by Gasteiger charge is -2.11. The van der Waals surface area contributed by atoms with Crippen LogP contribution >= 0.6 is 0 Å². The molecule has 1 aromatic heterocycles. The average Bonchev–Trinajstić information content (AvgIpc) is 2.78. The van der Waals surface area contributed by atoms with Crippen molar-refractivity contribution in [2.45, 2.75) is 6.92 Å². The van der Waals surface area contributed by atoms with Crippen LogP contribution in [0.5, 0.6) is 11.5 Å². The van der Waals surface area contributed by atoms with Gasteiger partial charge in [-0.1, -0.05) is 36.4 Å². The van der Waals surface area contributed by atoms with Crippen LogP contribution in [0.4, 0.5) is 0 Å². The van der Waals surface area contributed by atoms with Crippen molar-refractivity contribution >= 4 is 22.8 Å². The SMILES string of the molecule is COc1cc(/C=C/C(=O)c2cccc(-n3c(C)nc4ccccc4c3=O)c2)ccc1O.